The van der Waals surface area contributed by atoms with Crippen molar-refractivity contribution < 1.29 is 28.9 Å². The molecule has 2 aromatic rings. The molecule has 7 nitrogen and oxygen atoms in total. The van der Waals surface area contributed by atoms with Gasteiger partial charge < -0.3 is 24.6 Å². The van der Waals surface area contributed by atoms with Gasteiger partial charge in [-0.25, -0.2) is 9.59 Å². The van der Waals surface area contributed by atoms with Gasteiger partial charge in [0.05, 0.1) is 7.11 Å². The Morgan fingerprint density at radius 2 is 1.80 bits per heavy atom. The zero-order chi connectivity index (χ0) is 22.3. The van der Waals surface area contributed by atoms with Crippen LogP contribution in [-0.4, -0.2) is 35.9 Å². The highest BCUT2D eigenvalue weighted by Gasteiger charge is 2.24. The molecule has 0 radical (unpaired) electrons. The van der Waals surface area contributed by atoms with E-state index in [9.17, 15) is 14.7 Å². The van der Waals surface area contributed by atoms with Crippen molar-refractivity contribution in [2.75, 3.05) is 7.11 Å². The van der Waals surface area contributed by atoms with E-state index in [0.717, 1.165) is 22.4 Å². The van der Waals surface area contributed by atoms with Crippen molar-refractivity contribution in [2.24, 2.45) is 0 Å². The number of nitrogens with one attached hydrogen (secondary N) is 1. The van der Waals surface area contributed by atoms with Crippen LogP contribution in [0.5, 0.6) is 11.5 Å². The molecule has 1 amide bonds. The number of benzene rings is 2. The predicted octanol–water partition coefficient (Wildman–Crippen LogP) is 4.10. The minimum Gasteiger partial charge on any atom is -0.496 e. The smallest absolute Gasteiger partial charge is 0.408 e. The lowest BCUT2D eigenvalue weighted by Gasteiger charge is -2.22. The van der Waals surface area contributed by atoms with Crippen molar-refractivity contribution >= 4 is 12.1 Å². The van der Waals surface area contributed by atoms with E-state index < -0.39 is 23.7 Å². The van der Waals surface area contributed by atoms with E-state index in [0.29, 0.717) is 5.75 Å². The molecule has 0 saturated carbocycles. The normalized spacial score (nSPS) is 12.0. The first kappa shape index (κ1) is 23.1. The van der Waals surface area contributed by atoms with Crippen molar-refractivity contribution in [3.63, 3.8) is 0 Å². The molecule has 0 aliphatic carbocycles. The third-order valence-corrected chi connectivity index (χ3v) is 4.25. The summed E-state index contributed by atoms with van der Waals surface area (Å²) in [4.78, 5) is 23.6. The van der Waals surface area contributed by atoms with Gasteiger partial charge in [0, 0.05) is 12.0 Å². The number of aryl methyl sites for hydroxylation is 1. The quantitative estimate of drug-likeness (QED) is 0.674. The molecule has 0 saturated heterocycles. The number of alkyl carbamates (subject to hydrolysis) is 1. The number of rotatable bonds is 8. The molecular formula is C23H29NO6. The Balaban J connectivity index is 2.14. The summed E-state index contributed by atoms with van der Waals surface area (Å²) < 4.78 is 16.5. The molecule has 0 aromatic heterocycles. The molecule has 2 rings (SSSR count). The number of carbonyl (C=O) groups excluding carboxylic acids is 1. The number of carbonyl (C=O) groups is 2. The Morgan fingerprint density at radius 3 is 2.40 bits per heavy atom. The van der Waals surface area contributed by atoms with Crippen molar-refractivity contribution in [1.29, 1.82) is 0 Å². The maximum atomic E-state index is 12.0. The lowest BCUT2D eigenvalue weighted by Crippen LogP contribution is -2.44. The second kappa shape index (κ2) is 10.0. The maximum Gasteiger partial charge on any atom is 0.408 e. The van der Waals surface area contributed by atoms with Crippen molar-refractivity contribution in [2.45, 2.75) is 52.4 Å². The van der Waals surface area contributed by atoms with Gasteiger partial charge in [0.1, 0.15) is 29.7 Å². The van der Waals surface area contributed by atoms with E-state index in [-0.39, 0.29) is 13.0 Å². The van der Waals surface area contributed by atoms with Gasteiger partial charge >= 0.3 is 12.1 Å². The molecule has 7 heteroatoms. The summed E-state index contributed by atoms with van der Waals surface area (Å²) in [6, 6.07) is 11.9. The molecule has 1 unspecified atom stereocenters. The summed E-state index contributed by atoms with van der Waals surface area (Å²) in [5.41, 5.74) is 1.80. The highest BCUT2D eigenvalue weighted by Crippen LogP contribution is 2.24. The summed E-state index contributed by atoms with van der Waals surface area (Å²) in [6.07, 6.45) is -0.679. The van der Waals surface area contributed by atoms with Gasteiger partial charge in [-0.15, -0.1) is 0 Å². The zero-order valence-corrected chi connectivity index (χ0v) is 18.0. The van der Waals surface area contributed by atoms with Gasteiger partial charge in [-0.2, -0.15) is 0 Å². The highest BCUT2D eigenvalue weighted by atomic mass is 16.6. The van der Waals surface area contributed by atoms with Crippen molar-refractivity contribution in [1.82, 2.24) is 5.32 Å². The van der Waals surface area contributed by atoms with Crippen LogP contribution in [0, 0.1) is 6.92 Å². The molecule has 2 N–H and O–H groups in total. The topological polar surface area (TPSA) is 94.1 Å². The summed E-state index contributed by atoms with van der Waals surface area (Å²) >= 11 is 0. The third-order valence-electron chi connectivity index (χ3n) is 4.25. The number of aliphatic carboxylic acids is 1. The molecule has 0 aliphatic rings. The molecule has 0 spiro atoms. The SMILES string of the molecule is COc1ccc(CC(NC(=O)OC(C)(C)C)C(=O)O)cc1COc1ccccc1C. The summed E-state index contributed by atoms with van der Waals surface area (Å²) in [6.45, 7) is 7.37. The number of carboxylic acids is 1. The largest absolute Gasteiger partial charge is 0.496 e. The standard InChI is InChI=1S/C23H29NO6/c1-15-8-6-7-9-19(15)29-14-17-12-16(10-11-20(17)28-5)13-18(21(25)26)24-22(27)30-23(2,3)4/h6-12,18H,13-14H2,1-5H3,(H,24,27)(H,25,26). The molecule has 0 heterocycles. The van der Waals surface area contributed by atoms with E-state index >= 15 is 0 Å². The minimum atomic E-state index is -1.14. The van der Waals surface area contributed by atoms with Gasteiger partial charge in [0.25, 0.3) is 0 Å². The monoisotopic (exact) mass is 415 g/mol. The van der Waals surface area contributed by atoms with Crippen LogP contribution >= 0.6 is 0 Å². The van der Waals surface area contributed by atoms with Crippen LogP contribution in [0.3, 0.4) is 0 Å². The lowest BCUT2D eigenvalue weighted by molar-refractivity contribution is -0.139. The first-order valence-electron chi connectivity index (χ1n) is 9.65. The van der Waals surface area contributed by atoms with Gasteiger partial charge in [-0.3, -0.25) is 0 Å². The van der Waals surface area contributed by atoms with Crippen molar-refractivity contribution in [3.8, 4) is 11.5 Å². The lowest BCUT2D eigenvalue weighted by atomic mass is 10.0. The van der Waals surface area contributed by atoms with Crippen LogP contribution in [0.25, 0.3) is 0 Å². The molecule has 0 fully saturated rings. The number of hydrogen-bond acceptors (Lipinski definition) is 5. The average molecular weight is 415 g/mol. The number of methoxy groups -OCH3 is 1. The Bertz CT molecular complexity index is 888. The molecule has 30 heavy (non-hydrogen) atoms. The Kier molecular flexibility index (Phi) is 7.69. The van der Waals surface area contributed by atoms with E-state index in [1.54, 1.807) is 40.0 Å². The fourth-order valence-electron chi connectivity index (χ4n) is 2.83. The Hall–Kier alpha value is -3.22. The Morgan fingerprint density at radius 1 is 1.10 bits per heavy atom. The van der Waals surface area contributed by atoms with Gasteiger partial charge in [0.15, 0.2) is 0 Å². The second-order valence-corrected chi connectivity index (χ2v) is 7.94. The molecular weight excluding hydrogens is 386 g/mol. The molecule has 2 aromatic carbocycles. The third kappa shape index (κ3) is 6.99. The number of ether oxygens (including phenoxy) is 3. The summed E-state index contributed by atoms with van der Waals surface area (Å²) in [7, 11) is 1.57. The first-order valence-corrected chi connectivity index (χ1v) is 9.65. The van der Waals surface area contributed by atoms with Crippen LogP contribution in [0.2, 0.25) is 0 Å². The van der Waals surface area contributed by atoms with Crippen LogP contribution in [0.1, 0.15) is 37.5 Å². The fraction of sp³-hybridized carbons (Fsp3) is 0.391. The number of para-hydroxylation sites is 1. The summed E-state index contributed by atoms with van der Waals surface area (Å²) in [5, 5.41) is 11.9. The van der Waals surface area contributed by atoms with Crippen LogP contribution in [-0.2, 0) is 22.6 Å². The number of hydrogen-bond donors (Lipinski definition) is 2. The molecule has 0 bridgehead atoms. The Labute approximate surface area is 177 Å². The first-order chi connectivity index (χ1) is 14.1. The fourth-order valence-corrected chi connectivity index (χ4v) is 2.83. The van der Waals surface area contributed by atoms with Crippen molar-refractivity contribution in [3.05, 3.63) is 59.2 Å². The zero-order valence-electron chi connectivity index (χ0n) is 18.0. The minimum absolute atomic E-state index is 0.0932. The maximum absolute atomic E-state index is 12.0. The van der Waals surface area contributed by atoms with E-state index in [2.05, 4.69) is 5.32 Å². The molecule has 0 aliphatic heterocycles. The summed E-state index contributed by atoms with van der Waals surface area (Å²) in [5.74, 6) is 0.258. The van der Waals surface area contributed by atoms with Gasteiger partial charge in [0.2, 0.25) is 0 Å². The van der Waals surface area contributed by atoms with Gasteiger partial charge in [-0.05, 0) is 57.0 Å². The van der Waals surface area contributed by atoms with E-state index in [1.165, 1.54) is 0 Å². The highest BCUT2D eigenvalue weighted by molar-refractivity contribution is 5.80. The molecule has 1 atom stereocenters. The van der Waals surface area contributed by atoms with Crippen LogP contribution in [0.4, 0.5) is 4.79 Å². The number of amides is 1. The predicted molar refractivity (Wildman–Crippen MR) is 113 cm³/mol. The van der Waals surface area contributed by atoms with Gasteiger partial charge in [-0.1, -0.05) is 24.3 Å². The second-order valence-electron chi connectivity index (χ2n) is 7.94. The number of carboxylic acid groups (broad SMARTS) is 1. The molecule has 162 valence electrons. The van der Waals surface area contributed by atoms with Crippen LogP contribution in [0.15, 0.2) is 42.5 Å². The van der Waals surface area contributed by atoms with E-state index in [4.69, 9.17) is 14.2 Å². The van der Waals surface area contributed by atoms with Crippen LogP contribution < -0.4 is 14.8 Å². The average Bonchev–Trinajstić information content (AvgIpc) is 2.65. The van der Waals surface area contributed by atoms with E-state index in [1.807, 2.05) is 37.3 Å².